The van der Waals surface area contributed by atoms with Gasteiger partial charge in [-0.05, 0) is 30.0 Å². The zero-order valence-corrected chi connectivity index (χ0v) is 14.8. The number of hydrogen-bond acceptors (Lipinski definition) is 3. The van der Waals surface area contributed by atoms with Crippen molar-refractivity contribution in [3.8, 4) is 0 Å². The monoisotopic (exact) mass is 348 g/mol. The number of nitrogens with zero attached hydrogens (tertiary/aromatic N) is 2. The fourth-order valence-electron chi connectivity index (χ4n) is 3.87. The summed E-state index contributed by atoms with van der Waals surface area (Å²) in [5, 5.41) is 10.4. The molecular weight excluding hydrogens is 324 g/mol. The Kier molecular flexibility index (Phi) is 4.87. The van der Waals surface area contributed by atoms with Crippen LogP contribution in [0.3, 0.4) is 0 Å². The van der Waals surface area contributed by atoms with Crippen molar-refractivity contribution < 1.29 is 9.90 Å². The maximum atomic E-state index is 12.4. The number of carbonyl (C=O) groups is 1. The molecule has 2 aliphatic rings. The molecule has 0 fully saturated rings. The molecule has 2 aliphatic heterocycles. The van der Waals surface area contributed by atoms with E-state index in [1.165, 1.54) is 11.1 Å². The molecule has 134 valence electrons. The largest absolute Gasteiger partial charge is 0.369 e. The summed E-state index contributed by atoms with van der Waals surface area (Å²) in [6.45, 7) is 3.50. The van der Waals surface area contributed by atoms with Gasteiger partial charge >= 0.3 is 0 Å². The van der Waals surface area contributed by atoms with Crippen molar-refractivity contribution in [2.45, 2.75) is 19.1 Å². The van der Waals surface area contributed by atoms with Crippen LogP contribution in [0.25, 0.3) is 5.57 Å². The molecule has 2 aromatic carbocycles. The van der Waals surface area contributed by atoms with Crippen LogP contribution in [-0.2, 0) is 0 Å². The van der Waals surface area contributed by atoms with Gasteiger partial charge in [-0.1, -0.05) is 54.6 Å². The molecule has 1 atom stereocenters. The van der Waals surface area contributed by atoms with Gasteiger partial charge in [0.05, 0.1) is 0 Å². The molecule has 4 heteroatoms. The Balaban J connectivity index is 1.29. The lowest BCUT2D eigenvalue weighted by Gasteiger charge is -2.28. The number of benzene rings is 2. The van der Waals surface area contributed by atoms with E-state index in [2.05, 4.69) is 35.2 Å². The van der Waals surface area contributed by atoms with Gasteiger partial charge < -0.3 is 10.0 Å². The van der Waals surface area contributed by atoms with E-state index in [0.717, 1.165) is 38.0 Å². The summed E-state index contributed by atoms with van der Waals surface area (Å²) >= 11 is 0. The highest BCUT2D eigenvalue weighted by Gasteiger charge is 2.34. The van der Waals surface area contributed by atoms with E-state index < -0.39 is 6.23 Å². The molecular formula is C22H24N2O2. The van der Waals surface area contributed by atoms with E-state index in [1.54, 1.807) is 11.0 Å². The van der Waals surface area contributed by atoms with Gasteiger partial charge in [0.15, 0.2) is 6.23 Å². The summed E-state index contributed by atoms with van der Waals surface area (Å²) in [7, 11) is 0. The van der Waals surface area contributed by atoms with Crippen LogP contribution in [0.15, 0.2) is 60.7 Å². The molecule has 0 bridgehead atoms. The lowest BCUT2D eigenvalue weighted by Crippen LogP contribution is -2.34. The minimum Gasteiger partial charge on any atom is -0.369 e. The van der Waals surface area contributed by atoms with E-state index in [-0.39, 0.29) is 5.91 Å². The van der Waals surface area contributed by atoms with E-state index in [4.69, 9.17) is 0 Å². The lowest BCUT2D eigenvalue weighted by atomic mass is 9.99. The number of amides is 1. The number of fused-ring (bicyclic) bond motifs is 1. The second kappa shape index (κ2) is 7.44. The Morgan fingerprint density at radius 2 is 1.77 bits per heavy atom. The molecule has 4 nitrogen and oxygen atoms in total. The Morgan fingerprint density at radius 1 is 1.00 bits per heavy atom. The SMILES string of the molecule is O=C1c2ccccc2C(O)N1CCCN1CC=C(c2ccccc2)CC1. The molecule has 2 heterocycles. The third-order valence-corrected chi connectivity index (χ3v) is 5.34. The highest BCUT2D eigenvalue weighted by Crippen LogP contribution is 2.31. The highest BCUT2D eigenvalue weighted by molar-refractivity contribution is 5.98. The molecule has 1 unspecified atom stereocenters. The molecule has 1 N–H and O–H groups in total. The van der Waals surface area contributed by atoms with Crippen molar-refractivity contribution in [1.82, 2.24) is 9.80 Å². The van der Waals surface area contributed by atoms with Crippen molar-refractivity contribution in [3.05, 3.63) is 77.4 Å². The van der Waals surface area contributed by atoms with Crippen LogP contribution in [0.5, 0.6) is 0 Å². The van der Waals surface area contributed by atoms with Crippen molar-refractivity contribution in [3.63, 3.8) is 0 Å². The van der Waals surface area contributed by atoms with Crippen LogP contribution >= 0.6 is 0 Å². The van der Waals surface area contributed by atoms with Gasteiger partial charge in [0.1, 0.15) is 0 Å². The van der Waals surface area contributed by atoms with Gasteiger partial charge in [0, 0.05) is 37.3 Å². The number of aliphatic hydroxyl groups is 1. The molecule has 0 saturated heterocycles. The van der Waals surface area contributed by atoms with Crippen LogP contribution in [0.2, 0.25) is 0 Å². The molecule has 0 radical (unpaired) electrons. The topological polar surface area (TPSA) is 43.8 Å². The van der Waals surface area contributed by atoms with Gasteiger partial charge in [-0.25, -0.2) is 0 Å². The first-order valence-corrected chi connectivity index (χ1v) is 9.29. The third kappa shape index (κ3) is 3.30. The predicted octanol–water partition coefficient (Wildman–Crippen LogP) is 3.31. The standard InChI is InChI=1S/C22H24N2O2/c25-21-19-9-4-5-10-20(19)22(26)24(21)14-6-13-23-15-11-18(12-16-23)17-7-2-1-3-8-17/h1-5,7-11,21,25H,6,12-16H2. The van der Waals surface area contributed by atoms with Crippen LogP contribution < -0.4 is 0 Å². The van der Waals surface area contributed by atoms with E-state index in [0.29, 0.717) is 12.1 Å². The van der Waals surface area contributed by atoms with E-state index in [1.807, 2.05) is 24.3 Å². The Morgan fingerprint density at radius 3 is 2.50 bits per heavy atom. The Hall–Kier alpha value is -2.43. The number of hydrogen-bond donors (Lipinski definition) is 1. The number of carbonyl (C=O) groups excluding carboxylic acids is 1. The number of rotatable bonds is 5. The summed E-state index contributed by atoms with van der Waals surface area (Å²) in [5.74, 6) is -0.0574. The van der Waals surface area contributed by atoms with Crippen LogP contribution in [0, 0.1) is 0 Å². The number of aliphatic hydroxyl groups excluding tert-OH is 1. The summed E-state index contributed by atoms with van der Waals surface area (Å²) < 4.78 is 0. The van der Waals surface area contributed by atoms with Gasteiger partial charge in [-0.15, -0.1) is 0 Å². The zero-order chi connectivity index (χ0) is 17.9. The minimum absolute atomic E-state index is 0.0574. The normalized spacial score (nSPS) is 20.2. The predicted molar refractivity (Wildman–Crippen MR) is 103 cm³/mol. The van der Waals surface area contributed by atoms with Gasteiger partial charge in [0.2, 0.25) is 0 Å². The van der Waals surface area contributed by atoms with E-state index in [9.17, 15) is 9.90 Å². The summed E-state index contributed by atoms with van der Waals surface area (Å²) in [6.07, 6.45) is 3.43. The molecule has 1 amide bonds. The lowest BCUT2D eigenvalue weighted by molar-refractivity contribution is 0.0162. The van der Waals surface area contributed by atoms with Crippen molar-refractivity contribution in [2.24, 2.45) is 0 Å². The molecule has 26 heavy (non-hydrogen) atoms. The van der Waals surface area contributed by atoms with Crippen molar-refractivity contribution in [2.75, 3.05) is 26.2 Å². The zero-order valence-electron chi connectivity index (χ0n) is 14.8. The first-order chi connectivity index (χ1) is 12.7. The maximum absolute atomic E-state index is 12.4. The average Bonchev–Trinajstić information content (AvgIpc) is 2.94. The molecule has 0 spiro atoms. The van der Waals surface area contributed by atoms with Gasteiger partial charge in [-0.2, -0.15) is 0 Å². The fourth-order valence-corrected chi connectivity index (χ4v) is 3.87. The highest BCUT2D eigenvalue weighted by atomic mass is 16.3. The average molecular weight is 348 g/mol. The van der Waals surface area contributed by atoms with Gasteiger partial charge in [0.25, 0.3) is 5.91 Å². The van der Waals surface area contributed by atoms with E-state index >= 15 is 0 Å². The third-order valence-electron chi connectivity index (χ3n) is 5.34. The molecule has 4 rings (SSSR count). The summed E-state index contributed by atoms with van der Waals surface area (Å²) in [4.78, 5) is 16.4. The summed E-state index contributed by atoms with van der Waals surface area (Å²) in [5.41, 5.74) is 4.09. The van der Waals surface area contributed by atoms with Crippen molar-refractivity contribution >= 4 is 11.5 Å². The fraction of sp³-hybridized carbons (Fsp3) is 0.318. The minimum atomic E-state index is -0.801. The van der Waals surface area contributed by atoms with Crippen molar-refractivity contribution in [1.29, 1.82) is 0 Å². The second-order valence-corrected chi connectivity index (χ2v) is 6.96. The van der Waals surface area contributed by atoms with Crippen LogP contribution in [0.4, 0.5) is 0 Å². The molecule has 0 aliphatic carbocycles. The first kappa shape index (κ1) is 17.0. The van der Waals surface area contributed by atoms with Crippen LogP contribution in [-0.4, -0.2) is 47.0 Å². The Bertz CT molecular complexity index is 816. The quantitative estimate of drug-likeness (QED) is 0.901. The van der Waals surface area contributed by atoms with Gasteiger partial charge in [-0.3, -0.25) is 9.69 Å². The smallest absolute Gasteiger partial charge is 0.256 e. The maximum Gasteiger partial charge on any atom is 0.256 e. The first-order valence-electron chi connectivity index (χ1n) is 9.29. The Labute approximate surface area is 154 Å². The van der Waals surface area contributed by atoms with Crippen LogP contribution in [0.1, 0.15) is 40.6 Å². The molecule has 0 saturated carbocycles. The molecule has 2 aromatic rings. The summed E-state index contributed by atoms with van der Waals surface area (Å²) in [6, 6.07) is 17.9. The second-order valence-electron chi connectivity index (χ2n) is 6.96. The molecule has 0 aromatic heterocycles.